The third-order valence-corrected chi connectivity index (χ3v) is 4.47. The van der Waals surface area contributed by atoms with Crippen molar-refractivity contribution in [3.63, 3.8) is 0 Å². The Balaban J connectivity index is 2.05. The standard InChI is InChI=1S/C15H18BrNO2/c1-9-3-6-12-14(17(9)10(2)18)8-7-13(16)15(12)19-11-4-5-11/h7-9,11H,3-6H2,1-2H3/t9-/m0/s1. The number of nitrogens with zero attached hydrogens (tertiary/aromatic N) is 1. The molecular formula is C15H18BrNO2. The van der Waals surface area contributed by atoms with Gasteiger partial charge in [0.05, 0.1) is 16.3 Å². The Kier molecular flexibility index (Phi) is 3.29. The third kappa shape index (κ3) is 2.38. The Morgan fingerprint density at radius 3 is 2.74 bits per heavy atom. The van der Waals surface area contributed by atoms with E-state index in [4.69, 9.17) is 4.74 Å². The van der Waals surface area contributed by atoms with E-state index in [0.29, 0.717) is 6.10 Å². The van der Waals surface area contributed by atoms with Crippen LogP contribution in [0.5, 0.6) is 5.75 Å². The van der Waals surface area contributed by atoms with Gasteiger partial charge in [-0.3, -0.25) is 4.79 Å². The second-order valence-electron chi connectivity index (χ2n) is 5.47. The van der Waals surface area contributed by atoms with Crippen LogP contribution < -0.4 is 9.64 Å². The summed E-state index contributed by atoms with van der Waals surface area (Å²) in [5.41, 5.74) is 2.19. The van der Waals surface area contributed by atoms with Crippen molar-refractivity contribution in [2.75, 3.05) is 4.90 Å². The highest BCUT2D eigenvalue weighted by atomic mass is 79.9. The van der Waals surface area contributed by atoms with Crippen LogP contribution in [0.3, 0.4) is 0 Å². The van der Waals surface area contributed by atoms with Crippen molar-refractivity contribution in [2.24, 2.45) is 0 Å². The molecule has 2 aliphatic rings. The molecule has 1 heterocycles. The lowest BCUT2D eigenvalue weighted by Gasteiger charge is -2.35. The molecule has 1 saturated carbocycles. The number of carbonyl (C=O) groups is 1. The molecule has 0 radical (unpaired) electrons. The molecule has 1 aromatic carbocycles. The van der Waals surface area contributed by atoms with Crippen LogP contribution in [0.1, 0.15) is 38.7 Å². The summed E-state index contributed by atoms with van der Waals surface area (Å²) in [5, 5.41) is 0. The van der Waals surface area contributed by atoms with Gasteiger partial charge >= 0.3 is 0 Å². The molecular weight excluding hydrogens is 306 g/mol. The highest BCUT2D eigenvalue weighted by Crippen LogP contribution is 2.43. The van der Waals surface area contributed by atoms with Crippen molar-refractivity contribution in [2.45, 2.75) is 51.7 Å². The summed E-state index contributed by atoms with van der Waals surface area (Å²) in [6, 6.07) is 4.28. The van der Waals surface area contributed by atoms with Gasteiger partial charge in [0, 0.05) is 18.5 Å². The lowest BCUT2D eigenvalue weighted by atomic mass is 9.95. The van der Waals surface area contributed by atoms with E-state index < -0.39 is 0 Å². The Hall–Kier alpha value is -1.03. The van der Waals surface area contributed by atoms with E-state index in [1.165, 1.54) is 5.56 Å². The summed E-state index contributed by atoms with van der Waals surface area (Å²) >= 11 is 3.58. The molecule has 1 atom stereocenters. The number of anilines is 1. The zero-order valence-corrected chi connectivity index (χ0v) is 12.9. The number of hydrogen-bond acceptors (Lipinski definition) is 2. The summed E-state index contributed by atoms with van der Waals surface area (Å²) in [6.07, 6.45) is 4.62. The molecule has 19 heavy (non-hydrogen) atoms. The molecule has 0 spiro atoms. The minimum absolute atomic E-state index is 0.105. The predicted molar refractivity (Wildman–Crippen MR) is 78.7 cm³/mol. The van der Waals surface area contributed by atoms with Crippen LogP contribution in [0.2, 0.25) is 0 Å². The Morgan fingerprint density at radius 1 is 1.37 bits per heavy atom. The van der Waals surface area contributed by atoms with Crippen molar-refractivity contribution in [1.29, 1.82) is 0 Å². The molecule has 0 aromatic heterocycles. The maximum absolute atomic E-state index is 11.9. The van der Waals surface area contributed by atoms with E-state index in [1.807, 2.05) is 17.0 Å². The zero-order chi connectivity index (χ0) is 13.6. The highest BCUT2D eigenvalue weighted by Gasteiger charge is 2.31. The maximum atomic E-state index is 11.9. The Bertz CT molecular complexity index is 525. The van der Waals surface area contributed by atoms with E-state index in [9.17, 15) is 4.79 Å². The molecule has 3 rings (SSSR count). The van der Waals surface area contributed by atoms with Crippen LogP contribution in [-0.4, -0.2) is 18.1 Å². The average molecular weight is 324 g/mol. The molecule has 4 heteroatoms. The number of amides is 1. The van der Waals surface area contributed by atoms with E-state index in [0.717, 1.165) is 41.6 Å². The van der Waals surface area contributed by atoms with Gasteiger partial charge in [-0.1, -0.05) is 0 Å². The van der Waals surface area contributed by atoms with Crippen LogP contribution in [-0.2, 0) is 11.2 Å². The number of hydrogen-bond donors (Lipinski definition) is 0. The van der Waals surface area contributed by atoms with Gasteiger partial charge in [-0.15, -0.1) is 0 Å². The topological polar surface area (TPSA) is 29.5 Å². The van der Waals surface area contributed by atoms with Gasteiger partial charge in [0.25, 0.3) is 0 Å². The summed E-state index contributed by atoms with van der Waals surface area (Å²) < 4.78 is 7.03. The monoisotopic (exact) mass is 323 g/mol. The van der Waals surface area contributed by atoms with Gasteiger partial charge in [0.2, 0.25) is 5.91 Å². The summed E-state index contributed by atoms with van der Waals surface area (Å²) in [4.78, 5) is 13.8. The molecule has 0 N–H and O–H groups in total. The molecule has 0 unspecified atom stereocenters. The van der Waals surface area contributed by atoms with Crippen LogP contribution in [0.15, 0.2) is 16.6 Å². The van der Waals surface area contributed by atoms with Crippen LogP contribution in [0.25, 0.3) is 0 Å². The lowest BCUT2D eigenvalue weighted by Crippen LogP contribution is -2.40. The first-order valence-electron chi connectivity index (χ1n) is 6.85. The lowest BCUT2D eigenvalue weighted by molar-refractivity contribution is -0.117. The minimum Gasteiger partial charge on any atom is -0.489 e. The van der Waals surface area contributed by atoms with Crippen molar-refractivity contribution >= 4 is 27.5 Å². The molecule has 1 aliphatic carbocycles. The second kappa shape index (κ2) is 4.82. The number of halogens is 1. The molecule has 102 valence electrons. The van der Waals surface area contributed by atoms with Crippen molar-refractivity contribution in [1.82, 2.24) is 0 Å². The van der Waals surface area contributed by atoms with Gasteiger partial charge in [0.1, 0.15) is 5.75 Å². The maximum Gasteiger partial charge on any atom is 0.224 e. The fourth-order valence-electron chi connectivity index (χ4n) is 2.74. The number of benzene rings is 1. The Morgan fingerprint density at radius 2 is 2.11 bits per heavy atom. The Labute approximate surface area is 122 Å². The van der Waals surface area contributed by atoms with Crippen molar-refractivity contribution in [3.8, 4) is 5.75 Å². The van der Waals surface area contributed by atoms with Gasteiger partial charge in [-0.05, 0) is 60.7 Å². The summed E-state index contributed by atoms with van der Waals surface area (Å²) in [7, 11) is 0. The van der Waals surface area contributed by atoms with E-state index >= 15 is 0 Å². The van der Waals surface area contributed by atoms with Gasteiger partial charge in [-0.25, -0.2) is 0 Å². The molecule has 1 amide bonds. The van der Waals surface area contributed by atoms with E-state index in [-0.39, 0.29) is 11.9 Å². The molecule has 3 nitrogen and oxygen atoms in total. The molecule has 0 saturated heterocycles. The fraction of sp³-hybridized carbons (Fsp3) is 0.533. The SMILES string of the molecule is CC(=O)N1c2ccc(Br)c(OC3CC3)c2CC[C@@H]1C. The van der Waals surface area contributed by atoms with Crippen LogP contribution in [0.4, 0.5) is 5.69 Å². The first-order valence-corrected chi connectivity index (χ1v) is 7.65. The number of ether oxygens (including phenoxy) is 1. The van der Waals surface area contributed by atoms with Crippen molar-refractivity contribution < 1.29 is 9.53 Å². The largest absolute Gasteiger partial charge is 0.489 e. The quantitative estimate of drug-likeness (QED) is 0.830. The van der Waals surface area contributed by atoms with Gasteiger partial charge in [0.15, 0.2) is 0 Å². The average Bonchev–Trinajstić information content (AvgIpc) is 3.16. The van der Waals surface area contributed by atoms with E-state index in [1.54, 1.807) is 6.92 Å². The summed E-state index contributed by atoms with van der Waals surface area (Å²) in [5.74, 6) is 1.05. The first-order chi connectivity index (χ1) is 9.08. The molecule has 1 aromatic rings. The number of rotatable bonds is 2. The van der Waals surface area contributed by atoms with Gasteiger partial charge in [-0.2, -0.15) is 0 Å². The smallest absolute Gasteiger partial charge is 0.224 e. The first kappa shape index (κ1) is 13.0. The molecule has 0 bridgehead atoms. The number of fused-ring (bicyclic) bond motifs is 1. The summed E-state index contributed by atoms with van der Waals surface area (Å²) in [6.45, 7) is 3.74. The minimum atomic E-state index is 0.105. The highest BCUT2D eigenvalue weighted by molar-refractivity contribution is 9.10. The van der Waals surface area contributed by atoms with Gasteiger partial charge < -0.3 is 9.64 Å². The third-order valence-electron chi connectivity index (χ3n) is 3.85. The molecule has 1 fully saturated rings. The fourth-order valence-corrected chi connectivity index (χ4v) is 3.20. The molecule has 1 aliphatic heterocycles. The normalized spacial score (nSPS) is 22.1. The second-order valence-corrected chi connectivity index (χ2v) is 6.32. The zero-order valence-electron chi connectivity index (χ0n) is 11.3. The van der Waals surface area contributed by atoms with Crippen LogP contribution >= 0.6 is 15.9 Å². The van der Waals surface area contributed by atoms with E-state index in [2.05, 4.69) is 22.9 Å². The van der Waals surface area contributed by atoms with Crippen molar-refractivity contribution in [3.05, 3.63) is 22.2 Å². The predicted octanol–water partition coefficient (Wildman–Crippen LogP) is 3.68. The van der Waals surface area contributed by atoms with Crippen LogP contribution in [0, 0.1) is 0 Å². The number of carbonyl (C=O) groups excluding carboxylic acids is 1.